The molecule has 0 aliphatic carbocycles. The van der Waals surface area contributed by atoms with Crippen molar-refractivity contribution in [1.82, 2.24) is 9.97 Å². The van der Waals surface area contributed by atoms with E-state index in [4.69, 9.17) is 4.74 Å². The third-order valence-electron chi connectivity index (χ3n) is 4.17. The van der Waals surface area contributed by atoms with Gasteiger partial charge in [-0.05, 0) is 43.2 Å². The molecule has 0 saturated carbocycles. The van der Waals surface area contributed by atoms with Crippen LogP contribution in [0.1, 0.15) is 24.2 Å². The number of rotatable bonds is 5. The Morgan fingerprint density at radius 2 is 1.83 bits per heavy atom. The standard InChI is InChI=1S/C19H21N3O2/c1-12-5-4-6-16-17(12)19(21-11-20-16)22-13(2)18(23)14-7-9-15(24-3)10-8-14/h4-11,13,18,23H,1-3H3,(H,20,21,22)/t13-,18-/m1/s1. The Bertz CT molecular complexity index is 828. The van der Waals surface area contributed by atoms with E-state index >= 15 is 0 Å². The van der Waals surface area contributed by atoms with Crippen molar-refractivity contribution in [3.63, 3.8) is 0 Å². The third kappa shape index (κ3) is 3.16. The van der Waals surface area contributed by atoms with Gasteiger partial charge in [-0.25, -0.2) is 9.97 Å². The van der Waals surface area contributed by atoms with Crippen molar-refractivity contribution >= 4 is 16.7 Å². The molecule has 5 heteroatoms. The zero-order chi connectivity index (χ0) is 17.1. The van der Waals surface area contributed by atoms with E-state index in [1.165, 1.54) is 6.33 Å². The van der Waals surface area contributed by atoms with Crippen LogP contribution in [0.4, 0.5) is 5.82 Å². The van der Waals surface area contributed by atoms with Gasteiger partial charge in [-0.15, -0.1) is 0 Å². The molecule has 0 unspecified atom stereocenters. The molecule has 0 fully saturated rings. The molecule has 124 valence electrons. The SMILES string of the molecule is COc1ccc([C@H](O)[C@@H](C)Nc2ncnc3cccc(C)c23)cc1. The van der Waals surface area contributed by atoms with Crippen LogP contribution in [-0.4, -0.2) is 28.2 Å². The van der Waals surface area contributed by atoms with Crippen molar-refractivity contribution < 1.29 is 9.84 Å². The minimum absolute atomic E-state index is 0.212. The molecule has 1 heterocycles. The Morgan fingerprint density at radius 3 is 2.54 bits per heavy atom. The highest BCUT2D eigenvalue weighted by molar-refractivity contribution is 5.91. The van der Waals surface area contributed by atoms with Gasteiger partial charge in [0.2, 0.25) is 0 Å². The topological polar surface area (TPSA) is 67.3 Å². The van der Waals surface area contributed by atoms with E-state index in [9.17, 15) is 5.11 Å². The van der Waals surface area contributed by atoms with Crippen LogP contribution in [0.2, 0.25) is 0 Å². The molecule has 0 bridgehead atoms. The zero-order valence-corrected chi connectivity index (χ0v) is 14.0. The summed E-state index contributed by atoms with van der Waals surface area (Å²) in [5.41, 5.74) is 2.81. The highest BCUT2D eigenvalue weighted by atomic mass is 16.5. The second-order valence-electron chi connectivity index (χ2n) is 5.84. The van der Waals surface area contributed by atoms with Crippen molar-refractivity contribution in [3.8, 4) is 5.75 Å². The number of anilines is 1. The van der Waals surface area contributed by atoms with Crippen LogP contribution < -0.4 is 10.1 Å². The number of fused-ring (bicyclic) bond motifs is 1. The first kappa shape index (κ1) is 16.2. The molecule has 5 nitrogen and oxygen atoms in total. The number of ether oxygens (including phenoxy) is 1. The van der Waals surface area contributed by atoms with E-state index in [1.54, 1.807) is 7.11 Å². The average Bonchev–Trinajstić information content (AvgIpc) is 2.61. The maximum atomic E-state index is 10.6. The Morgan fingerprint density at radius 1 is 1.08 bits per heavy atom. The van der Waals surface area contributed by atoms with Crippen LogP contribution >= 0.6 is 0 Å². The van der Waals surface area contributed by atoms with Gasteiger partial charge in [0.25, 0.3) is 0 Å². The number of aromatic nitrogens is 2. The normalized spacial score (nSPS) is 13.5. The number of nitrogens with one attached hydrogen (secondary N) is 1. The van der Waals surface area contributed by atoms with Crippen molar-refractivity contribution in [2.24, 2.45) is 0 Å². The smallest absolute Gasteiger partial charge is 0.137 e. The first-order valence-electron chi connectivity index (χ1n) is 7.89. The number of benzene rings is 2. The molecule has 0 aliphatic rings. The monoisotopic (exact) mass is 323 g/mol. The Kier molecular flexibility index (Phi) is 4.62. The largest absolute Gasteiger partial charge is 0.497 e. The molecular weight excluding hydrogens is 302 g/mol. The second-order valence-corrected chi connectivity index (χ2v) is 5.84. The molecule has 2 N–H and O–H groups in total. The number of aliphatic hydroxyl groups is 1. The number of hydrogen-bond donors (Lipinski definition) is 2. The number of aryl methyl sites for hydroxylation is 1. The maximum Gasteiger partial charge on any atom is 0.137 e. The Labute approximate surface area is 141 Å². The van der Waals surface area contributed by atoms with Gasteiger partial charge in [-0.1, -0.05) is 24.3 Å². The van der Waals surface area contributed by atoms with Crippen LogP contribution in [0.3, 0.4) is 0 Å². The summed E-state index contributed by atoms with van der Waals surface area (Å²) in [5, 5.41) is 14.9. The fraction of sp³-hybridized carbons (Fsp3) is 0.263. The van der Waals surface area contributed by atoms with Gasteiger partial charge in [0.15, 0.2) is 0 Å². The van der Waals surface area contributed by atoms with Gasteiger partial charge in [0.05, 0.1) is 24.8 Å². The summed E-state index contributed by atoms with van der Waals surface area (Å²) in [6, 6.07) is 13.2. The fourth-order valence-corrected chi connectivity index (χ4v) is 2.78. The van der Waals surface area contributed by atoms with E-state index in [-0.39, 0.29) is 6.04 Å². The van der Waals surface area contributed by atoms with Gasteiger partial charge in [-0.3, -0.25) is 0 Å². The number of aliphatic hydroxyl groups excluding tert-OH is 1. The van der Waals surface area contributed by atoms with Crippen LogP contribution in [0.5, 0.6) is 5.75 Å². The highest BCUT2D eigenvalue weighted by Gasteiger charge is 2.18. The van der Waals surface area contributed by atoms with Crippen LogP contribution in [0.15, 0.2) is 48.8 Å². The van der Waals surface area contributed by atoms with Crippen LogP contribution in [0, 0.1) is 6.92 Å². The minimum Gasteiger partial charge on any atom is -0.497 e. The molecule has 0 saturated heterocycles. The maximum absolute atomic E-state index is 10.6. The van der Waals surface area contributed by atoms with Crippen LogP contribution in [0.25, 0.3) is 10.9 Å². The lowest BCUT2D eigenvalue weighted by atomic mass is 10.0. The van der Waals surface area contributed by atoms with E-state index < -0.39 is 6.10 Å². The Balaban J connectivity index is 1.85. The lowest BCUT2D eigenvalue weighted by Crippen LogP contribution is -2.24. The van der Waals surface area contributed by atoms with E-state index in [0.29, 0.717) is 0 Å². The third-order valence-corrected chi connectivity index (χ3v) is 4.17. The first-order chi connectivity index (χ1) is 11.6. The van der Waals surface area contributed by atoms with Gasteiger partial charge >= 0.3 is 0 Å². The van der Waals surface area contributed by atoms with Crippen molar-refractivity contribution in [2.75, 3.05) is 12.4 Å². The van der Waals surface area contributed by atoms with Gasteiger partial charge in [0, 0.05) is 5.39 Å². The zero-order valence-electron chi connectivity index (χ0n) is 14.0. The molecule has 2 atom stereocenters. The minimum atomic E-state index is -0.662. The summed E-state index contributed by atoms with van der Waals surface area (Å²) in [4.78, 5) is 8.66. The summed E-state index contributed by atoms with van der Waals surface area (Å²) in [5.74, 6) is 1.50. The second kappa shape index (κ2) is 6.84. The molecule has 1 aromatic heterocycles. The summed E-state index contributed by atoms with van der Waals surface area (Å²) in [6.07, 6.45) is 0.876. The van der Waals surface area contributed by atoms with E-state index in [1.807, 2.05) is 56.3 Å². The quantitative estimate of drug-likeness (QED) is 0.752. The summed E-state index contributed by atoms with van der Waals surface area (Å²) in [7, 11) is 1.62. The van der Waals surface area contributed by atoms with Gasteiger partial charge < -0.3 is 15.2 Å². The van der Waals surface area contributed by atoms with Crippen molar-refractivity contribution in [1.29, 1.82) is 0 Å². The Hall–Kier alpha value is -2.66. The molecule has 0 spiro atoms. The summed E-state index contributed by atoms with van der Waals surface area (Å²) < 4.78 is 5.15. The number of methoxy groups -OCH3 is 1. The molecular formula is C19H21N3O2. The lowest BCUT2D eigenvalue weighted by Gasteiger charge is -2.22. The fourth-order valence-electron chi connectivity index (χ4n) is 2.78. The molecule has 0 aliphatic heterocycles. The first-order valence-corrected chi connectivity index (χ1v) is 7.89. The molecule has 24 heavy (non-hydrogen) atoms. The predicted molar refractivity (Wildman–Crippen MR) is 95.3 cm³/mol. The summed E-state index contributed by atoms with van der Waals surface area (Å²) in [6.45, 7) is 3.96. The summed E-state index contributed by atoms with van der Waals surface area (Å²) >= 11 is 0. The molecule has 2 aromatic carbocycles. The van der Waals surface area contributed by atoms with E-state index in [0.717, 1.165) is 33.6 Å². The molecule has 3 rings (SSSR count). The lowest BCUT2D eigenvalue weighted by molar-refractivity contribution is 0.160. The van der Waals surface area contributed by atoms with E-state index in [2.05, 4.69) is 15.3 Å². The van der Waals surface area contributed by atoms with Crippen molar-refractivity contribution in [2.45, 2.75) is 26.0 Å². The van der Waals surface area contributed by atoms with Crippen LogP contribution in [-0.2, 0) is 0 Å². The predicted octanol–water partition coefficient (Wildman–Crippen LogP) is 3.48. The number of hydrogen-bond acceptors (Lipinski definition) is 5. The van der Waals surface area contributed by atoms with Gasteiger partial charge in [-0.2, -0.15) is 0 Å². The highest BCUT2D eigenvalue weighted by Crippen LogP contribution is 2.26. The van der Waals surface area contributed by atoms with Crippen molar-refractivity contribution in [3.05, 3.63) is 59.9 Å². The molecule has 3 aromatic rings. The van der Waals surface area contributed by atoms with Gasteiger partial charge in [0.1, 0.15) is 17.9 Å². The molecule has 0 radical (unpaired) electrons. The molecule has 0 amide bonds. The number of nitrogens with zero attached hydrogens (tertiary/aromatic N) is 2. The average molecular weight is 323 g/mol.